The van der Waals surface area contributed by atoms with Gasteiger partial charge in [0, 0.05) is 36.6 Å². The van der Waals surface area contributed by atoms with Crippen molar-refractivity contribution in [3.63, 3.8) is 0 Å². The molecule has 0 unspecified atom stereocenters. The molecule has 0 aliphatic heterocycles. The molecule has 4 aromatic rings. The molecule has 10 heteroatoms. The minimum Gasteiger partial charge on any atom is -0.483 e. The van der Waals surface area contributed by atoms with E-state index in [1.165, 1.54) is 24.7 Å². The van der Waals surface area contributed by atoms with Gasteiger partial charge < -0.3 is 14.6 Å². The molecule has 0 aliphatic rings. The minimum atomic E-state index is -0.624. The van der Waals surface area contributed by atoms with Gasteiger partial charge in [0.1, 0.15) is 30.4 Å². The maximum atomic E-state index is 14.5. The summed E-state index contributed by atoms with van der Waals surface area (Å²) in [7, 11) is 1.83. The maximum absolute atomic E-state index is 14.5. The van der Waals surface area contributed by atoms with Gasteiger partial charge >= 0.3 is 5.91 Å². The third-order valence-corrected chi connectivity index (χ3v) is 4.37. The van der Waals surface area contributed by atoms with Crippen LogP contribution < -0.4 is 15.4 Å². The molecule has 9 nitrogen and oxygen atoms in total. The second kappa shape index (κ2) is 8.46. The molecule has 0 radical (unpaired) electrons. The van der Waals surface area contributed by atoms with Gasteiger partial charge in [-0.1, -0.05) is 0 Å². The molecule has 3 aromatic heterocycles. The summed E-state index contributed by atoms with van der Waals surface area (Å²) < 4.78 is 21.9. The Labute approximate surface area is 176 Å². The molecule has 0 fully saturated rings. The Morgan fingerprint density at radius 2 is 2.13 bits per heavy atom. The standard InChI is InChI=1S/C21H16FN7O2/c1-3-20(30)28-18-9-14-16(10-24-18)25-12-26-21(14)27-13-4-5-17(15(22)8-13)31-11-19-23-6-7-29(19)2/h1,4-10,12H,11H2,2H3,(H,24,28,30)(H,25,26,27). The molecule has 0 bridgehead atoms. The van der Waals surface area contributed by atoms with Gasteiger partial charge in [-0.3, -0.25) is 10.1 Å². The Morgan fingerprint density at radius 1 is 1.26 bits per heavy atom. The minimum absolute atomic E-state index is 0.101. The number of carbonyl (C=O) groups is 1. The van der Waals surface area contributed by atoms with Gasteiger partial charge in [-0.25, -0.2) is 24.3 Å². The van der Waals surface area contributed by atoms with Crippen molar-refractivity contribution >= 4 is 34.1 Å². The maximum Gasteiger partial charge on any atom is 0.301 e. The van der Waals surface area contributed by atoms with Crippen LogP contribution in [-0.2, 0) is 18.4 Å². The van der Waals surface area contributed by atoms with E-state index in [2.05, 4.69) is 30.6 Å². The number of amides is 1. The number of rotatable bonds is 6. The molecule has 0 spiro atoms. The van der Waals surface area contributed by atoms with Crippen molar-refractivity contribution in [1.29, 1.82) is 0 Å². The number of carbonyl (C=O) groups excluding carboxylic acids is 1. The van der Waals surface area contributed by atoms with Gasteiger partial charge in [0.2, 0.25) is 0 Å². The summed E-state index contributed by atoms with van der Waals surface area (Å²) in [6.45, 7) is 0.142. The second-order valence-corrected chi connectivity index (χ2v) is 6.42. The average molecular weight is 417 g/mol. The number of hydrogen-bond donors (Lipinski definition) is 2. The summed E-state index contributed by atoms with van der Waals surface area (Å²) in [6.07, 6.45) is 11.3. The van der Waals surface area contributed by atoms with Crippen LogP contribution in [0.5, 0.6) is 5.75 Å². The van der Waals surface area contributed by atoms with Crippen LogP contribution in [0.1, 0.15) is 5.82 Å². The number of pyridine rings is 1. The lowest BCUT2D eigenvalue weighted by Crippen LogP contribution is -2.09. The van der Waals surface area contributed by atoms with Crippen molar-refractivity contribution in [3.8, 4) is 18.1 Å². The fraction of sp³-hybridized carbons (Fsp3) is 0.0952. The highest BCUT2D eigenvalue weighted by atomic mass is 19.1. The van der Waals surface area contributed by atoms with Gasteiger partial charge in [0.25, 0.3) is 0 Å². The van der Waals surface area contributed by atoms with E-state index in [0.717, 1.165) is 0 Å². The molecule has 0 saturated carbocycles. The second-order valence-electron chi connectivity index (χ2n) is 6.42. The molecule has 154 valence electrons. The molecule has 1 aromatic carbocycles. The number of imidazole rings is 1. The van der Waals surface area contributed by atoms with E-state index in [0.29, 0.717) is 28.2 Å². The zero-order chi connectivity index (χ0) is 21.8. The highest BCUT2D eigenvalue weighted by molar-refractivity contribution is 6.04. The zero-order valence-electron chi connectivity index (χ0n) is 16.3. The van der Waals surface area contributed by atoms with E-state index >= 15 is 0 Å². The summed E-state index contributed by atoms with van der Waals surface area (Å²) in [5, 5.41) is 6.08. The molecule has 1 amide bonds. The van der Waals surface area contributed by atoms with Crippen LogP contribution in [0, 0.1) is 18.2 Å². The van der Waals surface area contributed by atoms with Crippen molar-refractivity contribution in [1.82, 2.24) is 24.5 Å². The van der Waals surface area contributed by atoms with E-state index in [4.69, 9.17) is 11.2 Å². The van der Waals surface area contributed by atoms with Crippen LogP contribution in [0.25, 0.3) is 10.9 Å². The first-order chi connectivity index (χ1) is 15.0. The lowest BCUT2D eigenvalue weighted by atomic mass is 10.2. The molecule has 2 N–H and O–H groups in total. The van der Waals surface area contributed by atoms with Crippen molar-refractivity contribution < 1.29 is 13.9 Å². The predicted octanol–water partition coefficient (Wildman–Crippen LogP) is 2.79. The topological polar surface area (TPSA) is 107 Å². The Kier molecular flexibility index (Phi) is 5.40. The number of fused-ring (bicyclic) bond motifs is 1. The Balaban J connectivity index is 1.55. The van der Waals surface area contributed by atoms with E-state index in [-0.39, 0.29) is 18.2 Å². The molecule has 31 heavy (non-hydrogen) atoms. The van der Waals surface area contributed by atoms with E-state index in [1.54, 1.807) is 29.1 Å². The van der Waals surface area contributed by atoms with Crippen LogP contribution >= 0.6 is 0 Å². The van der Waals surface area contributed by atoms with E-state index < -0.39 is 11.7 Å². The molecular weight excluding hydrogens is 401 g/mol. The van der Waals surface area contributed by atoms with E-state index in [1.807, 2.05) is 13.0 Å². The van der Waals surface area contributed by atoms with Gasteiger partial charge in [-0.15, -0.1) is 6.42 Å². The number of anilines is 3. The van der Waals surface area contributed by atoms with E-state index in [9.17, 15) is 9.18 Å². The number of nitrogens with one attached hydrogen (secondary N) is 2. The fourth-order valence-electron chi connectivity index (χ4n) is 2.79. The smallest absolute Gasteiger partial charge is 0.301 e. The van der Waals surface area contributed by atoms with Gasteiger partial charge in [-0.2, -0.15) is 0 Å². The highest BCUT2D eigenvalue weighted by Gasteiger charge is 2.11. The Bertz CT molecular complexity index is 1310. The number of aryl methyl sites for hydroxylation is 1. The molecular formula is C21H16FN7O2. The first-order valence-corrected chi connectivity index (χ1v) is 9.07. The van der Waals surface area contributed by atoms with Gasteiger partial charge in [0.15, 0.2) is 11.6 Å². The highest BCUT2D eigenvalue weighted by Crippen LogP contribution is 2.27. The fourth-order valence-corrected chi connectivity index (χ4v) is 2.79. The van der Waals surface area contributed by atoms with Crippen molar-refractivity contribution in [2.75, 3.05) is 10.6 Å². The number of hydrogen-bond acceptors (Lipinski definition) is 7. The average Bonchev–Trinajstić information content (AvgIpc) is 3.18. The molecule has 4 rings (SSSR count). The number of halogens is 1. The first-order valence-electron chi connectivity index (χ1n) is 9.07. The quantitative estimate of drug-likeness (QED) is 0.465. The SMILES string of the molecule is C#CC(=O)Nc1cc2c(Nc3ccc(OCc4nccn4C)c(F)c3)ncnc2cn1. The molecule has 3 heterocycles. The normalized spacial score (nSPS) is 10.5. The largest absolute Gasteiger partial charge is 0.483 e. The van der Waals surface area contributed by atoms with Crippen LogP contribution in [0.4, 0.5) is 21.7 Å². The summed E-state index contributed by atoms with van der Waals surface area (Å²) >= 11 is 0. The first kappa shape index (κ1) is 19.8. The Hall–Kier alpha value is -4.52. The zero-order valence-corrected chi connectivity index (χ0v) is 16.3. The number of aromatic nitrogens is 5. The lowest BCUT2D eigenvalue weighted by molar-refractivity contribution is -0.111. The van der Waals surface area contributed by atoms with Crippen molar-refractivity contribution in [2.24, 2.45) is 7.05 Å². The summed E-state index contributed by atoms with van der Waals surface area (Å²) in [6, 6.07) is 6.05. The number of nitrogens with zero attached hydrogens (tertiary/aromatic N) is 5. The number of terminal acetylenes is 1. The number of benzene rings is 1. The third-order valence-electron chi connectivity index (χ3n) is 4.37. The molecule has 0 aliphatic carbocycles. The third kappa shape index (κ3) is 4.40. The van der Waals surface area contributed by atoms with Crippen LogP contribution in [0.15, 0.2) is 49.2 Å². The lowest BCUT2D eigenvalue weighted by Gasteiger charge is -2.11. The molecule has 0 saturated heterocycles. The molecule has 0 atom stereocenters. The van der Waals surface area contributed by atoms with Crippen LogP contribution in [0.3, 0.4) is 0 Å². The Morgan fingerprint density at radius 3 is 2.87 bits per heavy atom. The van der Waals surface area contributed by atoms with Gasteiger partial charge in [0.05, 0.1) is 11.7 Å². The monoisotopic (exact) mass is 417 g/mol. The summed E-state index contributed by atoms with van der Waals surface area (Å²) in [5.74, 6) is 2.22. The van der Waals surface area contributed by atoms with Gasteiger partial charge in [-0.05, 0) is 24.1 Å². The predicted molar refractivity (Wildman–Crippen MR) is 112 cm³/mol. The number of ether oxygens (including phenoxy) is 1. The van der Waals surface area contributed by atoms with Crippen LogP contribution in [-0.4, -0.2) is 30.4 Å². The summed E-state index contributed by atoms with van der Waals surface area (Å²) in [4.78, 5) is 28.0. The van der Waals surface area contributed by atoms with Crippen molar-refractivity contribution in [3.05, 3.63) is 60.8 Å². The summed E-state index contributed by atoms with van der Waals surface area (Å²) in [5.41, 5.74) is 0.986. The van der Waals surface area contributed by atoms with Crippen molar-refractivity contribution in [2.45, 2.75) is 6.61 Å². The van der Waals surface area contributed by atoms with Crippen LogP contribution in [0.2, 0.25) is 0 Å².